The van der Waals surface area contributed by atoms with Gasteiger partial charge < -0.3 is 0 Å². The first-order valence-corrected chi connectivity index (χ1v) is 8.71. The van der Waals surface area contributed by atoms with Crippen molar-refractivity contribution in [2.45, 2.75) is 31.8 Å². The normalized spacial score (nSPS) is 11.5. The van der Waals surface area contributed by atoms with Crippen molar-refractivity contribution in [3.8, 4) is 11.3 Å². The maximum atomic E-state index is 14.4. The van der Waals surface area contributed by atoms with Crippen molar-refractivity contribution in [2.75, 3.05) is 5.75 Å². The Kier molecular flexibility index (Phi) is 5.95. The van der Waals surface area contributed by atoms with E-state index in [0.29, 0.717) is 22.1 Å². The summed E-state index contributed by atoms with van der Waals surface area (Å²) >= 11 is 1.45. The quantitative estimate of drug-likeness (QED) is 0.423. The summed E-state index contributed by atoms with van der Waals surface area (Å²) < 4.78 is 53.6. The van der Waals surface area contributed by atoms with Crippen molar-refractivity contribution in [2.24, 2.45) is 7.05 Å². The van der Waals surface area contributed by atoms with E-state index in [-0.39, 0.29) is 11.3 Å². The number of aryl methyl sites for hydroxylation is 2. The summed E-state index contributed by atoms with van der Waals surface area (Å²) in [5, 5.41) is 3.67. The molecule has 0 aliphatic carbocycles. The van der Waals surface area contributed by atoms with E-state index in [4.69, 9.17) is 0 Å². The Morgan fingerprint density at radius 3 is 2.50 bits per heavy atom. The average Bonchev–Trinajstić information content (AvgIpc) is 2.50. The molecule has 1 aromatic carbocycles. The van der Waals surface area contributed by atoms with Crippen LogP contribution in [0.4, 0.5) is 17.6 Å². The minimum Gasteiger partial charge on any atom is -0.287 e. The molecule has 2 aromatic rings. The van der Waals surface area contributed by atoms with Crippen LogP contribution >= 0.6 is 11.8 Å². The minimum absolute atomic E-state index is 0.107. The van der Waals surface area contributed by atoms with Gasteiger partial charge in [0, 0.05) is 29.3 Å². The van der Waals surface area contributed by atoms with Crippen molar-refractivity contribution in [1.29, 1.82) is 0 Å². The van der Waals surface area contributed by atoms with Gasteiger partial charge in [0.15, 0.2) is 0 Å². The first kappa shape index (κ1) is 20.2. The standard InChI is InChI=1S/C18H18F4N2OS/c1-10(2)5-6-26-15-8-12(13(19)7-11(15)3)17-14(25)9-16(18(20,21)22)24(4)23-17/h5,7-9H,6H2,1-4H3. The van der Waals surface area contributed by atoms with E-state index < -0.39 is 23.1 Å². The lowest BCUT2D eigenvalue weighted by Crippen LogP contribution is -2.22. The van der Waals surface area contributed by atoms with E-state index in [0.717, 1.165) is 17.5 Å². The van der Waals surface area contributed by atoms with E-state index in [1.807, 2.05) is 19.9 Å². The molecule has 0 fully saturated rings. The van der Waals surface area contributed by atoms with Gasteiger partial charge >= 0.3 is 6.18 Å². The van der Waals surface area contributed by atoms with Crippen LogP contribution in [-0.4, -0.2) is 15.5 Å². The van der Waals surface area contributed by atoms with E-state index >= 15 is 0 Å². The third-order valence-corrected chi connectivity index (χ3v) is 4.72. The second-order valence-corrected chi connectivity index (χ2v) is 7.12. The minimum atomic E-state index is -4.71. The fourth-order valence-corrected chi connectivity index (χ4v) is 3.36. The molecule has 140 valence electrons. The van der Waals surface area contributed by atoms with Crippen LogP contribution in [0.3, 0.4) is 0 Å². The van der Waals surface area contributed by atoms with Gasteiger partial charge in [-0.25, -0.2) is 4.39 Å². The molecule has 1 aromatic heterocycles. The molecule has 0 spiro atoms. The van der Waals surface area contributed by atoms with Crippen molar-refractivity contribution in [3.63, 3.8) is 0 Å². The van der Waals surface area contributed by atoms with Crippen molar-refractivity contribution in [1.82, 2.24) is 9.78 Å². The summed E-state index contributed by atoms with van der Waals surface area (Å²) in [5.41, 5.74) is -0.792. The highest BCUT2D eigenvalue weighted by atomic mass is 32.2. The predicted molar refractivity (Wildman–Crippen MR) is 94.8 cm³/mol. The Hall–Kier alpha value is -2.09. The topological polar surface area (TPSA) is 34.9 Å². The van der Waals surface area contributed by atoms with E-state index in [2.05, 4.69) is 5.10 Å². The lowest BCUT2D eigenvalue weighted by atomic mass is 10.1. The molecule has 0 saturated heterocycles. The summed E-state index contributed by atoms with van der Waals surface area (Å²) in [7, 11) is 1.07. The zero-order valence-electron chi connectivity index (χ0n) is 14.7. The van der Waals surface area contributed by atoms with Gasteiger partial charge in [0.25, 0.3) is 0 Å². The number of benzene rings is 1. The number of nitrogens with zero attached hydrogens (tertiary/aromatic N) is 2. The van der Waals surface area contributed by atoms with Crippen molar-refractivity contribution >= 4 is 11.8 Å². The highest BCUT2D eigenvalue weighted by Crippen LogP contribution is 2.31. The highest BCUT2D eigenvalue weighted by molar-refractivity contribution is 7.99. The molecule has 0 atom stereocenters. The van der Waals surface area contributed by atoms with Crippen molar-refractivity contribution in [3.05, 3.63) is 57.1 Å². The van der Waals surface area contributed by atoms with Gasteiger partial charge in [-0.05, 0) is 38.5 Å². The molecule has 0 unspecified atom stereocenters. The lowest BCUT2D eigenvalue weighted by molar-refractivity contribution is -0.144. The number of thioether (sulfide) groups is 1. The SMILES string of the molecule is CC(C)=CCSc1cc(-c2nn(C)c(C(F)(F)F)cc2=O)c(F)cc1C. The Bertz CT molecular complexity index is 913. The van der Waals surface area contributed by atoms with Crippen LogP contribution in [0.1, 0.15) is 25.1 Å². The summed E-state index contributed by atoms with van der Waals surface area (Å²) in [4.78, 5) is 12.9. The Balaban J connectivity index is 2.53. The fraction of sp³-hybridized carbons (Fsp3) is 0.333. The Morgan fingerprint density at radius 1 is 1.27 bits per heavy atom. The summed E-state index contributed by atoms with van der Waals surface area (Å²) in [6.45, 7) is 5.65. The molecule has 26 heavy (non-hydrogen) atoms. The molecule has 0 amide bonds. The maximum absolute atomic E-state index is 14.4. The summed E-state index contributed by atoms with van der Waals surface area (Å²) in [6.07, 6.45) is -2.71. The van der Waals surface area contributed by atoms with Gasteiger partial charge in [0.05, 0.1) is 0 Å². The largest absolute Gasteiger partial charge is 0.433 e. The molecule has 0 aliphatic heterocycles. The number of rotatable bonds is 4. The zero-order valence-corrected chi connectivity index (χ0v) is 15.6. The first-order chi connectivity index (χ1) is 12.0. The molecular formula is C18H18F4N2OS. The molecule has 0 radical (unpaired) electrons. The van der Waals surface area contributed by atoms with Gasteiger partial charge in [0.2, 0.25) is 5.43 Å². The molecule has 1 heterocycles. The van der Waals surface area contributed by atoms with Crippen LogP contribution in [0.2, 0.25) is 0 Å². The van der Waals surface area contributed by atoms with E-state index in [9.17, 15) is 22.4 Å². The molecule has 0 N–H and O–H groups in total. The third-order valence-electron chi connectivity index (χ3n) is 3.64. The number of aromatic nitrogens is 2. The van der Waals surface area contributed by atoms with Gasteiger partial charge in [-0.15, -0.1) is 11.8 Å². The maximum Gasteiger partial charge on any atom is 0.433 e. The smallest absolute Gasteiger partial charge is 0.287 e. The second kappa shape index (κ2) is 7.65. The number of allylic oxidation sites excluding steroid dienone is 1. The number of halogens is 4. The third kappa shape index (κ3) is 4.55. The van der Waals surface area contributed by atoms with E-state index in [1.54, 1.807) is 6.92 Å². The summed E-state index contributed by atoms with van der Waals surface area (Å²) in [5.74, 6) is -0.0365. The number of hydrogen-bond donors (Lipinski definition) is 0. The molecule has 3 nitrogen and oxygen atoms in total. The average molecular weight is 386 g/mol. The second-order valence-electron chi connectivity index (χ2n) is 6.05. The molecule has 2 rings (SSSR count). The molecule has 0 saturated carbocycles. The number of hydrogen-bond acceptors (Lipinski definition) is 3. The summed E-state index contributed by atoms with van der Waals surface area (Å²) in [6, 6.07) is 3.17. The first-order valence-electron chi connectivity index (χ1n) is 7.73. The van der Waals surface area contributed by atoms with Crippen LogP contribution < -0.4 is 5.43 Å². The molecule has 0 aliphatic rings. The van der Waals surface area contributed by atoms with Crippen molar-refractivity contribution < 1.29 is 17.6 Å². The monoisotopic (exact) mass is 386 g/mol. The van der Waals surface area contributed by atoms with Crippen LogP contribution in [-0.2, 0) is 13.2 Å². The molecule has 8 heteroatoms. The van der Waals surface area contributed by atoms with Gasteiger partial charge in [0.1, 0.15) is 17.2 Å². The molecular weight excluding hydrogens is 368 g/mol. The van der Waals surface area contributed by atoms with E-state index in [1.165, 1.54) is 23.9 Å². The van der Waals surface area contributed by atoms with Crippen LogP contribution in [0.25, 0.3) is 11.3 Å². The van der Waals surface area contributed by atoms with Crippen LogP contribution in [0, 0.1) is 12.7 Å². The number of alkyl halides is 3. The lowest BCUT2D eigenvalue weighted by Gasteiger charge is -2.13. The van der Waals surface area contributed by atoms with Gasteiger partial charge in [-0.1, -0.05) is 11.6 Å². The van der Waals surface area contributed by atoms with Crippen LogP contribution in [0.5, 0.6) is 0 Å². The molecule has 0 bridgehead atoms. The Morgan fingerprint density at radius 2 is 1.92 bits per heavy atom. The van der Waals surface area contributed by atoms with Gasteiger partial charge in [-0.3, -0.25) is 9.48 Å². The van der Waals surface area contributed by atoms with Gasteiger partial charge in [-0.2, -0.15) is 18.3 Å². The fourth-order valence-electron chi connectivity index (χ4n) is 2.28. The zero-order chi connectivity index (χ0) is 19.6. The highest BCUT2D eigenvalue weighted by Gasteiger charge is 2.34. The Labute approximate surface area is 152 Å². The van der Waals surface area contributed by atoms with Crippen LogP contribution in [0.15, 0.2) is 39.5 Å². The predicted octanol–water partition coefficient (Wildman–Crippen LogP) is 4.97.